The molecule has 0 aliphatic carbocycles. The molecule has 1 aromatic heterocycles. The lowest BCUT2D eigenvalue weighted by Crippen LogP contribution is -2.52. The van der Waals surface area contributed by atoms with Crippen molar-refractivity contribution in [3.8, 4) is 11.4 Å². The molecule has 0 atom stereocenters. The number of hydrogen-bond donors (Lipinski definition) is 0. The molecule has 174 valence electrons. The molecule has 1 aliphatic heterocycles. The molecular weight excluding hydrogens is 498 g/mol. The number of aromatic nitrogens is 1. The lowest BCUT2D eigenvalue weighted by Gasteiger charge is -2.28. The molecular formula is C26H24BrN3O4. The minimum Gasteiger partial charge on any atom is -0.489 e. The van der Waals surface area contributed by atoms with Crippen LogP contribution in [0.5, 0.6) is 5.75 Å². The van der Waals surface area contributed by atoms with Crippen molar-refractivity contribution in [2.45, 2.75) is 20.5 Å². The number of hydrogen-bond acceptors (Lipinski definition) is 4. The third-order valence-corrected chi connectivity index (χ3v) is 6.36. The molecule has 0 radical (unpaired) electrons. The van der Waals surface area contributed by atoms with Gasteiger partial charge in [0.25, 0.3) is 11.8 Å². The molecule has 3 aromatic rings. The molecule has 0 N–H and O–H groups in total. The lowest BCUT2D eigenvalue weighted by molar-refractivity contribution is -0.134. The van der Waals surface area contributed by atoms with E-state index < -0.39 is 17.8 Å². The monoisotopic (exact) mass is 521 g/mol. The van der Waals surface area contributed by atoms with E-state index in [-0.39, 0.29) is 5.57 Å². The maximum atomic E-state index is 12.6. The van der Waals surface area contributed by atoms with Crippen molar-refractivity contribution in [3.63, 3.8) is 0 Å². The van der Waals surface area contributed by atoms with Crippen molar-refractivity contribution in [2.24, 2.45) is 0 Å². The number of ether oxygens (including phenoxy) is 1. The summed E-state index contributed by atoms with van der Waals surface area (Å²) in [6.07, 6.45) is 1.55. The third kappa shape index (κ3) is 4.41. The topological polar surface area (TPSA) is 71.9 Å². The van der Waals surface area contributed by atoms with Crippen LogP contribution in [0, 0.1) is 13.8 Å². The predicted octanol–water partition coefficient (Wildman–Crippen LogP) is 4.87. The molecule has 2 aromatic carbocycles. The Morgan fingerprint density at radius 1 is 0.882 bits per heavy atom. The van der Waals surface area contributed by atoms with E-state index in [9.17, 15) is 14.4 Å². The van der Waals surface area contributed by atoms with Crippen LogP contribution in [0.2, 0.25) is 0 Å². The number of likely N-dealkylation sites (N-methyl/N-ethyl adjacent to an activating group) is 2. The van der Waals surface area contributed by atoms with Crippen LogP contribution in [0.3, 0.4) is 0 Å². The molecule has 8 heteroatoms. The molecule has 1 fully saturated rings. The quantitative estimate of drug-likeness (QED) is 0.354. The van der Waals surface area contributed by atoms with Crippen LogP contribution in [-0.4, -0.2) is 46.3 Å². The summed E-state index contributed by atoms with van der Waals surface area (Å²) in [5, 5.41) is 0. The van der Waals surface area contributed by atoms with E-state index in [4.69, 9.17) is 4.74 Å². The molecule has 2 heterocycles. The Labute approximate surface area is 206 Å². The first-order valence-corrected chi connectivity index (χ1v) is 11.4. The minimum absolute atomic E-state index is 0.0402. The van der Waals surface area contributed by atoms with Crippen molar-refractivity contribution in [1.29, 1.82) is 0 Å². The largest absolute Gasteiger partial charge is 0.489 e. The van der Waals surface area contributed by atoms with Gasteiger partial charge in [0.05, 0.1) is 0 Å². The summed E-state index contributed by atoms with van der Waals surface area (Å²) in [4.78, 5) is 39.0. The van der Waals surface area contributed by atoms with Crippen LogP contribution in [-0.2, 0) is 16.2 Å². The maximum absolute atomic E-state index is 12.6. The molecule has 1 aliphatic rings. The molecule has 0 spiro atoms. The van der Waals surface area contributed by atoms with Crippen molar-refractivity contribution in [1.82, 2.24) is 14.4 Å². The average molecular weight is 522 g/mol. The summed E-state index contributed by atoms with van der Waals surface area (Å²) in [6, 6.07) is 17.0. The smallest absolute Gasteiger partial charge is 0.333 e. The van der Waals surface area contributed by atoms with Gasteiger partial charge in [-0.05, 0) is 73.5 Å². The minimum atomic E-state index is -0.639. The molecule has 0 unspecified atom stereocenters. The summed E-state index contributed by atoms with van der Waals surface area (Å²) in [5.74, 6) is -0.457. The van der Waals surface area contributed by atoms with E-state index in [1.54, 1.807) is 6.08 Å². The van der Waals surface area contributed by atoms with Gasteiger partial charge in [-0.25, -0.2) is 4.79 Å². The van der Waals surface area contributed by atoms with Gasteiger partial charge in [-0.2, -0.15) is 0 Å². The van der Waals surface area contributed by atoms with Gasteiger partial charge < -0.3 is 9.30 Å². The first kappa shape index (κ1) is 23.5. The van der Waals surface area contributed by atoms with Crippen molar-refractivity contribution in [3.05, 3.63) is 87.2 Å². The summed E-state index contributed by atoms with van der Waals surface area (Å²) < 4.78 is 8.96. The van der Waals surface area contributed by atoms with Crippen LogP contribution in [0.15, 0.2) is 64.6 Å². The van der Waals surface area contributed by atoms with Gasteiger partial charge in [0.1, 0.15) is 17.9 Å². The van der Waals surface area contributed by atoms with E-state index in [2.05, 4.69) is 15.9 Å². The second-order valence-corrected chi connectivity index (χ2v) is 9.06. The van der Waals surface area contributed by atoms with Crippen LogP contribution in [0.4, 0.5) is 4.79 Å². The number of benzene rings is 2. The second kappa shape index (κ2) is 9.30. The molecule has 34 heavy (non-hydrogen) atoms. The Bertz CT molecular complexity index is 1280. The first-order chi connectivity index (χ1) is 16.2. The Kier molecular flexibility index (Phi) is 6.43. The fraction of sp³-hybridized carbons (Fsp3) is 0.192. The van der Waals surface area contributed by atoms with E-state index in [1.807, 2.05) is 73.0 Å². The zero-order chi connectivity index (χ0) is 24.6. The molecule has 4 amide bonds. The number of aryl methyl sites for hydroxylation is 1. The van der Waals surface area contributed by atoms with E-state index in [0.29, 0.717) is 6.61 Å². The number of urea groups is 1. The molecule has 7 nitrogen and oxygen atoms in total. The molecule has 1 saturated heterocycles. The third-order valence-electron chi connectivity index (χ3n) is 5.83. The van der Waals surface area contributed by atoms with E-state index in [1.165, 1.54) is 14.1 Å². The standard InChI is InChI=1S/C26H24BrN3O4/c1-16-13-19(14-23-24(31)28(3)26(33)29(4)25(23)32)17(2)30(16)21-9-11-22(12-10-21)34-15-18-5-7-20(27)8-6-18/h5-14H,15H2,1-4H3. The number of amides is 4. The highest BCUT2D eigenvalue weighted by molar-refractivity contribution is 9.10. The van der Waals surface area contributed by atoms with Gasteiger partial charge >= 0.3 is 6.03 Å². The summed E-state index contributed by atoms with van der Waals surface area (Å²) in [7, 11) is 2.73. The van der Waals surface area contributed by atoms with Gasteiger partial charge in [-0.15, -0.1) is 0 Å². The summed E-state index contributed by atoms with van der Waals surface area (Å²) in [6.45, 7) is 4.35. The van der Waals surface area contributed by atoms with Crippen LogP contribution in [0.1, 0.15) is 22.5 Å². The van der Waals surface area contributed by atoms with Crippen molar-refractivity contribution >= 4 is 39.9 Å². The Morgan fingerprint density at radius 3 is 2.06 bits per heavy atom. The number of rotatable bonds is 5. The lowest BCUT2D eigenvalue weighted by atomic mass is 10.1. The zero-order valence-electron chi connectivity index (χ0n) is 19.3. The number of halogens is 1. The summed E-state index contributed by atoms with van der Waals surface area (Å²) >= 11 is 3.43. The maximum Gasteiger partial charge on any atom is 0.333 e. The summed E-state index contributed by atoms with van der Waals surface area (Å²) in [5.41, 5.74) is 4.52. The molecule has 0 bridgehead atoms. The van der Waals surface area contributed by atoms with E-state index >= 15 is 0 Å². The molecule has 0 saturated carbocycles. The number of imide groups is 2. The number of barbiturate groups is 1. The SMILES string of the molecule is Cc1cc(C=C2C(=O)N(C)C(=O)N(C)C2=O)c(C)n1-c1ccc(OCc2ccc(Br)cc2)cc1. The number of carbonyl (C=O) groups is 3. The van der Waals surface area contributed by atoms with Crippen LogP contribution >= 0.6 is 15.9 Å². The van der Waals surface area contributed by atoms with Crippen LogP contribution in [0.25, 0.3) is 11.8 Å². The normalized spacial score (nSPS) is 14.1. The highest BCUT2D eigenvalue weighted by atomic mass is 79.9. The van der Waals surface area contributed by atoms with Crippen molar-refractivity contribution < 1.29 is 19.1 Å². The molecule has 4 rings (SSSR count). The average Bonchev–Trinajstić information content (AvgIpc) is 3.12. The van der Waals surface area contributed by atoms with Gasteiger partial charge in [0.15, 0.2) is 0 Å². The van der Waals surface area contributed by atoms with Gasteiger partial charge in [0, 0.05) is 35.6 Å². The Morgan fingerprint density at radius 2 is 1.47 bits per heavy atom. The predicted molar refractivity (Wildman–Crippen MR) is 133 cm³/mol. The Balaban J connectivity index is 1.57. The van der Waals surface area contributed by atoms with Crippen LogP contribution < -0.4 is 4.74 Å². The highest BCUT2D eigenvalue weighted by Crippen LogP contribution is 2.26. The highest BCUT2D eigenvalue weighted by Gasteiger charge is 2.38. The second-order valence-electron chi connectivity index (χ2n) is 8.14. The number of nitrogens with zero attached hydrogens (tertiary/aromatic N) is 3. The fourth-order valence-electron chi connectivity index (χ4n) is 3.90. The first-order valence-electron chi connectivity index (χ1n) is 10.7. The fourth-order valence-corrected chi connectivity index (χ4v) is 4.16. The van der Waals surface area contributed by atoms with Gasteiger partial charge in [-0.3, -0.25) is 19.4 Å². The number of carbonyl (C=O) groups excluding carboxylic acids is 3. The van der Waals surface area contributed by atoms with Gasteiger partial charge in [0.2, 0.25) is 0 Å². The van der Waals surface area contributed by atoms with E-state index in [0.717, 1.165) is 48.2 Å². The van der Waals surface area contributed by atoms with Crippen molar-refractivity contribution in [2.75, 3.05) is 14.1 Å². The zero-order valence-corrected chi connectivity index (χ0v) is 20.9. The Hall–Kier alpha value is -3.65. The van der Waals surface area contributed by atoms with Gasteiger partial charge in [-0.1, -0.05) is 28.1 Å².